The number of nitrogens with one attached hydrogen (secondary N) is 1. The summed E-state index contributed by atoms with van der Waals surface area (Å²) in [6.07, 6.45) is 0. The number of amides is 1. The Balaban J connectivity index is 2.19. The lowest BCUT2D eigenvalue weighted by atomic mass is 10.1. The minimum atomic E-state index is -0.707. The molecular weight excluding hydrogens is 262 g/mol. The van der Waals surface area contributed by atoms with E-state index in [2.05, 4.69) is 5.32 Å². The Morgan fingerprint density at radius 2 is 2.11 bits per heavy atom. The van der Waals surface area contributed by atoms with Crippen LogP contribution in [0.5, 0.6) is 11.5 Å². The zero-order chi connectivity index (χ0) is 13.1. The van der Waals surface area contributed by atoms with Gasteiger partial charge in [0.25, 0.3) is 5.91 Å². The van der Waals surface area contributed by atoms with Crippen molar-refractivity contribution in [3.8, 4) is 11.5 Å². The normalized spacial score (nSPS) is 12.9. The van der Waals surface area contributed by atoms with Gasteiger partial charge in [0.1, 0.15) is 0 Å². The molecule has 0 unspecified atom stereocenters. The van der Waals surface area contributed by atoms with Gasteiger partial charge in [0, 0.05) is 5.56 Å². The van der Waals surface area contributed by atoms with Crippen LogP contribution in [0.25, 0.3) is 0 Å². The van der Waals surface area contributed by atoms with Gasteiger partial charge in [-0.05, 0) is 12.1 Å². The number of rotatable bonds is 4. The third kappa shape index (κ3) is 2.50. The van der Waals surface area contributed by atoms with Gasteiger partial charge in [-0.1, -0.05) is 11.6 Å². The monoisotopic (exact) mass is 273 g/mol. The number of ether oxygens (including phenoxy) is 2. The Labute approximate surface area is 108 Å². The summed E-state index contributed by atoms with van der Waals surface area (Å²) in [5, 5.41) is 20.5. The Hall–Kier alpha value is -1.50. The average Bonchev–Trinajstić information content (AvgIpc) is 2.84. The summed E-state index contributed by atoms with van der Waals surface area (Å²) in [5.74, 6) is 0.356. The van der Waals surface area contributed by atoms with E-state index in [1.807, 2.05) is 0 Å². The molecule has 0 saturated heterocycles. The van der Waals surface area contributed by atoms with E-state index in [9.17, 15) is 4.79 Å². The highest BCUT2D eigenvalue weighted by Gasteiger charge is 2.21. The van der Waals surface area contributed by atoms with Crippen LogP contribution < -0.4 is 14.8 Å². The van der Waals surface area contributed by atoms with Crippen molar-refractivity contribution in [3.05, 3.63) is 22.7 Å². The Kier molecular flexibility index (Phi) is 3.90. The molecule has 18 heavy (non-hydrogen) atoms. The smallest absolute Gasteiger partial charge is 0.251 e. The molecule has 0 fully saturated rings. The maximum absolute atomic E-state index is 11.8. The molecule has 3 N–H and O–H groups in total. The molecule has 2 rings (SSSR count). The van der Waals surface area contributed by atoms with Crippen LogP contribution in [0.2, 0.25) is 5.02 Å². The number of carbonyl (C=O) groups is 1. The summed E-state index contributed by atoms with van der Waals surface area (Å²) in [7, 11) is 0. The molecule has 1 aromatic carbocycles. The molecule has 0 saturated carbocycles. The van der Waals surface area contributed by atoms with Gasteiger partial charge in [-0.2, -0.15) is 0 Å². The number of carbonyl (C=O) groups excluding carboxylic acids is 1. The number of hydrogen-bond donors (Lipinski definition) is 3. The Morgan fingerprint density at radius 3 is 2.78 bits per heavy atom. The van der Waals surface area contributed by atoms with Gasteiger partial charge < -0.3 is 25.0 Å². The second-order valence-corrected chi connectivity index (χ2v) is 4.13. The van der Waals surface area contributed by atoms with Crippen molar-refractivity contribution in [1.29, 1.82) is 0 Å². The van der Waals surface area contributed by atoms with Crippen LogP contribution in [-0.4, -0.2) is 42.2 Å². The van der Waals surface area contributed by atoms with Gasteiger partial charge in [-0.25, -0.2) is 0 Å². The number of benzene rings is 1. The predicted molar refractivity (Wildman–Crippen MR) is 63.0 cm³/mol. The standard InChI is InChI=1S/C11H12ClNO5/c12-8-1-6(2-9-10(8)18-5-17-9)11(16)13-7(3-14)4-15/h1-2,7,14-15H,3-5H2,(H,13,16). The highest BCUT2D eigenvalue weighted by Crippen LogP contribution is 2.39. The molecule has 1 aliphatic rings. The molecule has 0 atom stereocenters. The van der Waals surface area contributed by atoms with Crippen LogP contribution in [0, 0.1) is 0 Å². The van der Waals surface area contributed by atoms with Crippen molar-refractivity contribution in [2.75, 3.05) is 20.0 Å². The van der Waals surface area contributed by atoms with Crippen LogP contribution >= 0.6 is 11.6 Å². The zero-order valence-corrected chi connectivity index (χ0v) is 10.1. The summed E-state index contributed by atoms with van der Waals surface area (Å²) < 4.78 is 10.3. The van der Waals surface area contributed by atoms with Crippen molar-refractivity contribution >= 4 is 17.5 Å². The fourth-order valence-electron chi connectivity index (χ4n) is 1.52. The first-order chi connectivity index (χ1) is 8.65. The molecule has 6 nitrogen and oxygen atoms in total. The lowest BCUT2D eigenvalue weighted by Crippen LogP contribution is -2.40. The van der Waals surface area contributed by atoms with E-state index >= 15 is 0 Å². The zero-order valence-electron chi connectivity index (χ0n) is 9.35. The summed E-state index contributed by atoms with van der Waals surface area (Å²) >= 11 is 5.94. The maximum Gasteiger partial charge on any atom is 0.251 e. The topological polar surface area (TPSA) is 88.0 Å². The molecule has 0 aliphatic carbocycles. The van der Waals surface area contributed by atoms with Crippen LogP contribution in [0.4, 0.5) is 0 Å². The summed E-state index contributed by atoms with van der Waals surface area (Å²) in [6.45, 7) is -0.628. The fraction of sp³-hybridized carbons (Fsp3) is 0.364. The van der Waals surface area contributed by atoms with E-state index in [0.717, 1.165) is 0 Å². The number of hydrogen-bond acceptors (Lipinski definition) is 5. The van der Waals surface area contributed by atoms with Crippen LogP contribution in [0.1, 0.15) is 10.4 Å². The van der Waals surface area contributed by atoms with E-state index in [0.29, 0.717) is 11.5 Å². The molecule has 0 bridgehead atoms. The van der Waals surface area contributed by atoms with Gasteiger partial charge in [-0.15, -0.1) is 0 Å². The first-order valence-corrected chi connectivity index (χ1v) is 5.65. The van der Waals surface area contributed by atoms with Crippen molar-refractivity contribution in [2.45, 2.75) is 6.04 Å². The van der Waals surface area contributed by atoms with E-state index in [-0.39, 0.29) is 30.6 Å². The molecule has 0 spiro atoms. The fourth-order valence-corrected chi connectivity index (χ4v) is 1.78. The Morgan fingerprint density at radius 1 is 1.39 bits per heavy atom. The lowest BCUT2D eigenvalue weighted by Gasteiger charge is -2.13. The maximum atomic E-state index is 11.8. The van der Waals surface area contributed by atoms with Gasteiger partial charge in [0.2, 0.25) is 6.79 Å². The predicted octanol–water partition coefficient (Wildman–Crippen LogP) is 0.152. The lowest BCUT2D eigenvalue weighted by molar-refractivity contribution is 0.0879. The molecule has 1 amide bonds. The van der Waals surface area contributed by atoms with E-state index in [4.69, 9.17) is 31.3 Å². The van der Waals surface area contributed by atoms with Crippen LogP contribution in [0.15, 0.2) is 12.1 Å². The first-order valence-electron chi connectivity index (χ1n) is 5.27. The van der Waals surface area contributed by atoms with Crippen molar-refractivity contribution in [2.24, 2.45) is 0 Å². The van der Waals surface area contributed by atoms with Crippen LogP contribution in [-0.2, 0) is 0 Å². The molecule has 1 heterocycles. The molecule has 7 heteroatoms. The number of aliphatic hydroxyl groups is 2. The largest absolute Gasteiger partial charge is 0.454 e. The number of halogens is 1. The van der Waals surface area contributed by atoms with Crippen molar-refractivity contribution < 1.29 is 24.5 Å². The van der Waals surface area contributed by atoms with E-state index in [1.54, 1.807) is 0 Å². The molecular formula is C11H12ClNO5. The summed E-state index contributed by atoms with van der Waals surface area (Å²) in [6, 6.07) is 2.23. The van der Waals surface area contributed by atoms with Gasteiger partial charge in [0.15, 0.2) is 11.5 Å². The van der Waals surface area contributed by atoms with Crippen LogP contribution in [0.3, 0.4) is 0 Å². The molecule has 98 valence electrons. The molecule has 1 aliphatic heterocycles. The second-order valence-electron chi connectivity index (χ2n) is 3.73. The molecule has 0 radical (unpaired) electrons. The first kappa shape index (κ1) is 12.9. The molecule has 0 aromatic heterocycles. The molecule has 1 aromatic rings. The number of aliphatic hydroxyl groups excluding tert-OH is 2. The Bertz CT molecular complexity index is 461. The quantitative estimate of drug-likeness (QED) is 0.727. The minimum Gasteiger partial charge on any atom is -0.454 e. The van der Waals surface area contributed by atoms with E-state index in [1.165, 1.54) is 12.1 Å². The number of fused-ring (bicyclic) bond motifs is 1. The third-order valence-electron chi connectivity index (χ3n) is 2.47. The summed E-state index contributed by atoms with van der Waals surface area (Å²) in [5.41, 5.74) is 0.274. The highest BCUT2D eigenvalue weighted by molar-refractivity contribution is 6.32. The minimum absolute atomic E-state index is 0.0655. The second kappa shape index (κ2) is 5.43. The van der Waals surface area contributed by atoms with Gasteiger partial charge >= 0.3 is 0 Å². The average molecular weight is 274 g/mol. The summed E-state index contributed by atoms with van der Waals surface area (Å²) in [4.78, 5) is 11.8. The van der Waals surface area contributed by atoms with Crippen molar-refractivity contribution in [1.82, 2.24) is 5.32 Å². The SMILES string of the molecule is O=C(NC(CO)CO)c1cc(Cl)c2c(c1)OCO2. The highest BCUT2D eigenvalue weighted by atomic mass is 35.5. The van der Waals surface area contributed by atoms with Crippen molar-refractivity contribution in [3.63, 3.8) is 0 Å². The van der Waals surface area contributed by atoms with E-state index < -0.39 is 11.9 Å². The van der Waals surface area contributed by atoms with Gasteiger partial charge in [0.05, 0.1) is 24.3 Å². The van der Waals surface area contributed by atoms with Gasteiger partial charge in [-0.3, -0.25) is 4.79 Å². The third-order valence-corrected chi connectivity index (χ3v) is 2.75.